The van der Waals surface area contributed by atoms with Gasteiger partial charge in [0, 0.05) is 10.5 Å². The second-order valence-electron chi connectivity index (χ2n) is 11.6. The zero-order valence-corrected chi connectivity index (χ0v) is 25.5. The third-order valence-corrected chi connectivity index (χ3v) is 9.83. The summed E-state index contributed by atoms with van der Waals surface area (Å²) >= 11 is 1.25. The molecule has 0 aliphatic carbocycles. The van der Waals surface area contributed by atoms with Crippen molar-refractivity contribution < 1.29 is 58.8 Å². The maximum Gasteiger partial charge on any atom is 0.266 e. The SMILES string of the molecule is O=C1c2ccccc2C(=O)N1c1ccc([C@@H]2OC[C@H]3O[C@@H](Sc4ccccc4)[C@H](O)[C@@H](O[C@@H]4O[C@H](CO)[C@@H](O)[C@H](O)[C@H]4O)[C@@H]3O2)cc1. The summed E-state index contributed by atoms with van der Waals surface area (Å²) in [6.45, 7) is -0.620. The van der Waals surface area contributed by atoms with Gasteiger partial charge in [0.05, 0.1) is 30.0 Å². The van der Waals surface area contributed by atoms with Crippen molar-refractivity contribution in [3.8, 4) is 0 Å². The molecule has 7 rings (SSSR count). The van der Waals surface area contributed by atoms with Crippen LogP contribution in [0.2, 0.25) is 0 Å². The van der Waals surface area contributed by atoms with E-state index in [1.807, 2.05) is 30.3 Å². The Morgan fingerprint density at radius 3 is 2.09 bits per heavy atom. The summed E-state index contributed by atoms with van der Waals surface area (Å²) in [5.41, 5.74) is 0.727. The minimum absolute atomic E-state index is 0.0304. The molecule has 4 aliphatic heterocycles. The maximum absolute atomic E-state index is 13.0. The van der Waals surface area contributed by atoms with Crippen molar-refractivity contribution >= 4 is 29.3 Å². The minimum atomic E-state index is -1.70. The molecule has 14 heteroatoms. The number of nitrogens with zero attached hydrogens (tertiary/aromatic N) is 1. The maximum atomic E-state index is 13.0. The molecule has 4 aliphatic rings. The Bertz CT molecular complexity index is 1560. The lowest BCUT2D eigenvalue weighted by molar-refractivity contribution is -0.366. The lowest BCUT2D eigenvalue weighted by Gasteiger charge is -2.49. The highest BCUT2D eigenvalue weighted by Gasteiger charge is 2.53. The summed E-state index contributed by atoms with van der Waals surface area (Å²) in [6, 6.07) is 22.4. The first-order valence-electron chi connectivity index (χ1n) is 15.1. The fourth-order valence-corrected chi connectivity index (χ4v) is 7.23. The van der Waals surface area contributed by atoms with Gasteiger partial charge in [-0.15, -0.1) is 0 Å². The van der Waals surface area contributed by atoms with Crippen molar-refractivity contribution in [2.45, 2.75) is 71.7 Å². The van der Waals surface area contributed by atoms with Crippen molar-refractivity contribution in [1.82, 2.24) is 0 Å². The van der Waals surface area contributed by atoms with Crippen molar-refractivity contribution in [2.24, 2.45) is 0 Å². The average Bonchev–Trinajstić information content (AvgIpc) is 3.36. The summed E-state index contributed by atoms with van der Waals surface area (Å²) in [5.74, 6) is -0.841. The molecule has 13 nitrogen and oxygen atoms in total. The zero-order valence-electron chi connectivity index (χ0n) is 24.7. The Morgan fingerprint density at radius 2 is 1.43 bits per heavy atom. The number of ether oxygens (including phenoxy) is 5. The van der Waals surface area contributed by atoms with E-state index in [0.29, 0.717) is 22.4 Å². The van der Waals surface area contributed by atoms with E-state index in [2.05, 4.69) is 0 Å². The van der Waals surface area contributed by atoms with Crippen LogP contribution in [0.5, 0.6) is 0 Å². The van der Waals surface area contributed by atoms with Gasteiger partial charge in [0.25, 0.3) is 11.8 Å². The number of aliphatic hydroxyl groups excluding tert-OH is 5. The highest BCUT2D eigenvalue weighted by molar-refractivity contribution is 7.99. The van der Waals surface area contributed by atoms with E-state index in [1.165, 1.54) is 11.8 Å². The van der Waals surface area contributed by atoms with Gasteiger partial charge in [-0.05, 0) is 36.4 Å². The Balaban J connectivity index is 1.12. The summed E-state index contributed by atoms with van der Waals surface area (Å²) in [5, 5.41) is 52.5. The number of thioether (sulfide) groups is 1. The van der Waals surface area contributed by atoms with Gasteiger partial charge < -0.3 is 49.2 Å². The molecule has 3 fully saturated rings. The Morgan fingerprint density at radius 1 is 0.766 bits per heavy atom. The molecule has 11 atom stereocenters. The van der Waals surface area contributed by atoms with Crippen LogP contribution < -0.4 is 4.90 Å². The van der Waals surface area contributed by atoms with E-state index in [1.54, 1.807) is 48.5 Å². The third-order valence-electron chi connectivity index (χ3n) is 8.66. The quantitative estimate of drug-likeness (QED) is 0.225. The van der Waals surface area contributed by atoms with Crippen LogP contribution in [0.25, 0.3) is 0 Å². The molecule has 3 aromatic carbocycles. The van der Waals surface area contributed by atoms with E-state index in [-0.39, 0.29) is 6.61 Å². The van der Waals surface area contributed by atoms with Crippen LogP contribution in [-0.2, 0) is 23.7 Å². The van der Waals surface area contributed by atoms with Crippen molar-refractivity contribution in [1.29, 1.82) is 0 Å². The Kier molecular flexibility index (Phi) is 9.17. The summed E-state index contributed by atoms with van der Waals surface area (Å²) in [6.07, 6.45) is -12.9. The van der Waals surface area contributed by atoms with Gasteiger partial charge in [-0.1, -0.05) is 54.2 Å². The van der Waals surface area contributed by atoms with Gasteiger partial charge in [0.15, 0.2) is 12.6 Å². The molecule has 3 aromatic rings. The molecular formula is C33H33NO12S. The average molecular weight is 668 g/mol. The molecule has 2 amide bonds. The van der Waals surface area contributed by atoms with Gasteiger partial charge in [-0.2, -0.15) is 0 Å². The molecule has 248 valence electrons. The van der Waals surface area contributed by atoms with E-state index in [0.717, 1.165) is 9.80 Å². The van der Waals surface area contributed by atoms with E-state index >= 15 is 0 Å². The molecule has 0 unspecified atom stereocenters. The van der Waals surface area contributed by atoms with E-state index in [4.69, 9.17) is 23.7 Å². The first kappa shape index (κ1) is 32.3. The van der Waals surface area contributed by atoms with Crippen molar-refractivity contribution in [3.63, 3.8) is 0 Å². The normalized spacial score (nSPS) is 35.4. The largest absolute Gasteiger partial charge is 0.394 e. The van der Waals surface area contributed by atoms with Gasteiger partial charge >= 0.3 is 0 Å². The molecule has 3 saturated heterocycles. The fourth-order valence-electron chi connectivity index (χ4n) is 6.16. The molecule has 4 heterocycles. The first-order chi connectivity index (χ1) is 22.7. The van der Waals surface area contributed by atoms with E-state index in [9.17, 15) is 35.1 Å². The number of imide groups is 1. The number of hydrogen-bond acceptors (Lipinski definition) is 13. The molecule has 0 bridgehead atoms. The van der Waals surface area contributed by atoms with Crippen LogP contribution in [0.4, 0.5) is 5.69 Å². The Labute approximate surface area is 273 Å². The standard InChI is InChI=1S/C33H33NO12S/c35-14-21-23(36)24(37)25(38)32(43-21)46-28-26(39)33(47-18-6-2-1-3-7-18)44-22-15-42-31(45-27(22)28)16-10-12-17(13-11-16)34-29(40)19-8-4-5-9-20(19)30(34)41/h1-13,21-28,31-33,35-39H,14-15H2/t21-,22-,23-,24+,25-,26-,27-,28-,31-,32+,33+/m1/s1. The summed E-state index contributed by atoms with van der Waals surface area (Å²) in [7, 11) is 0. The second-order valence-corrected chi connectivity index (χ2v) is 12.8. The number of benzene rings is 3. The minimum Gasteiger partial charge on any atom is -0.394 e. The van der Waals surface area contributed by atoms with Crippen LogP contribution in [0.1, 0.15) is 32.6 Å². The smallest absolute Gasteiger partial charge is 0.266 e. The number of amides is 2. The van der Waals surface area contributed by atoms with Gasteiger partial charge in [0.1, 0.15) is 54.3 Å². The third kappa shape index (κ3) is 6.00. The summed E-state index contributed by atoms with van der Waals surface area (Å²) in [4.78, 5) is 27.8. The molecule has 47 heavy (non-hydrogen) atoms. The number of hydrogen-bond donors (Lipinski definition) is 5. The highest BCUT2D eigenvalue weighted by Crippen LogP contribution is 2.41. The van der Waals surface area contributed by atoms with Crippen LogP contribution in [0, 0.1) is 0 Å². The number of carbonyl (C=O) groups excluding carboxylic acids is 2. The number of carbonyl (C=O) groups is 2. The van der Waals surface area contributed by atoms with Crippen molar-refractivity contribution in [3.05, 3.63) is 95.6 Å². The number of anilines is 1. The Hall–Kier alpha value is -3.25. The van der Waals surface area contributed by atoms with E-state index < -0.39 is 85.3 Å². The van der Waals surface area contributed by atoms with Crippen molar-refractivity contribution in [2.75, 3.05) is 18.1 Å². The molecule has 0 spiro atoms. The predicted octanol–water partition coefficient (Wildman–Crippen LogP) is 0.964. The lowest BCUT2D eigenvalue weighted by Crippen LogP contribution is -2.65. The second kappa shape index (κ2) is 13.3. The predicted molar refractivity (Wildman–Crippen MR) is 163 cm³/mol. The molecule has 0 radical (unpaired) electrons. The van der Waals surface area contributed by atoms with Crippen LogP contribution in [-0.4, -0.2) is 111 Å². The monoisotopic (exact) mass is 667 g/mol. The van der Waals surface area contributed by atoms with Crippen LogP contribution in [0.15, 0.2) is 83.8 Å². The topological polar surface area (TPSA) is 185 Å². The molecule has 5 N–H and O–H groups in total. The molecule has 0 aromatic heterocycles. The van der Waals surface area contributed by atoms with Gasteiger partial charge in [0.2, 0.25) is 0 Å². The zero-order chi connectivity index (χ0) is 32.8. The number of fused-ring (bicyclic) bond motifs is 2. The number of aliphatic hydroxyl groups is 5. The highest BCUT2D eigenvalue weighted by atomic mass is 32.2. The summed E-state index contributed by atoms with van der Waals surface area (Å²) < 4.78 is 30.3. The van der Waals surface area contributed by atoms with Gasteiger partial charge in [-0.3, -0.25) is 9.59 Å². The lowest BCUT2D eigenvalue weighted by atomic mass is 9.96. The van der Waals surface area contributed by atoms with Gasteiger partial charge in [-0.25, -0.2) is 4.90 Å². The molecule has 0 saturated carbocycles. The van der Waals surface area contributed by atoms with Crippen LogP contribution >= 0.6 is 11.8 Å². The number of rotatable bonds is 7. The first-order valence-corrected chi connectivity index (χ1v) is 16.0. The fraction of sp³-hybridized carbons (Fsp3) is 0.394. The van der Waals surface area contributed by atoms with Crippen LogP contribution in [0.3, 0.4) is 0 Å². The molecular weight excluding hydrogens is 634 g/mol.